The van der Waals surface area contributed by atoms with Crippen LogP contribution in [0.25, 0.3) is 0 Å². The van der Waals surface area contributed by atoms with E-state index in [-0.39, 0.29) is 18.6 Å². The van der Waals surface area contributed by atoms with E-state index in [0.29, 0.717) is 6.54 Å². The lowest BCUT2D eigenvalue weighted by molar-refractivity contribution is -0.142. The van der Waals surface area contributed by atoms with Crippen LogP contribution in [-0.4, -0.2) is 45.8 Å². The summed E-state index contributed by atoms with van der Waals surface area (Å²) in [5, 5.41) is 4.17. The average molecular weight is 240 g/mol. The summed E-state index contributed by atoms with van der Waals surface area (Å²) in [7, 11) is 1.40. The number of nitrogens with zero attached hydrogens (tertiary/aromatic N) is 4. The molecular weight excluding hydrogens is 220 g/mol. The first-order chi connectivity index (χ1) is 8.08. The van der Waals surface area contributed by atoms with E-state index < -0.39 is 0 Å². The zero-order valence-corrected chi connectivity index (χ0v) is 10.9. The molecule has 0 bridgehead atoms. The minimum atomic E-state index is -0.234. The smallest absolute Gasteiger partial charge is 0.319 e. The van der Waals surface area contributed by atoms with Gasteiger partial charge < -0.3 is 4.74 Å². The molecule has 1 aromatic rings. The normalized spacial score (nSPS) is 11.2. The summed E-state index contributed by atoms with van der Waals surface area (Å²) in [6.45, 7) is 7.74. The lowest BCUT2D eigenvalue weighted by Crippen LogP contribution is -2.31. The number of likely N-dealkylation sites (N-methyl/N-ethyl adjacent to an activating group) is 1. The highest BCUT2D eigenvalue weighted by Crippen LogP contribution is 2.07. The van der Waals surface area contributed by atoms with Crippen LogP contribution in [0.1, 0.15) is 32.6 Å². The Kier molecular flexibility index (Phi) is 5.09. The summed E-state index contributed by atoms with van der Waals surface area (Å²) >= 11 is 0. The van der Waals surface area contributed by atoms with Crippen LogP contribution in [-0.2, 0) is 16.1 Å². The summed E-state index contributed by atoms with van der Waals surface area (Å²) in [5.41, 5.74) is 0. The Hall–Kier alpha value is -1.43. The molecule has 0 unspecified atom stereocenters. The number of esters is 1. The molecule has 1 heterocycles. The molecule has 0 spiro atoms. The van der Waals surface area contributed by atoms with Gasteiger partial charge in [-0.15, -0.1) is 0 Å². The molecule has 17 heavy (non-hydrogen) atoms. The van der Waals surface area contributed by atoms with Crippen LogP contribution in [0.2, 0.25) is 0 Å². The van der Waals surface area contributed by atoms with E-state index >= 15 is 0 Å². The maximum atomic E-state index is 11.2. The standard InChI is InChI=1S/C11H20N4O2/c1-5-14(7-11(16)17-4)6-10-12-8-13-15(10)9(2)3/h8-9H,5-7H2,1-4H3. The van der Waals surface area contributed by atoms with Gasteiger partial charge in [-0.1, -0.05) is 6.92 Å². The molecule has 6 nitrogen and oxygen atoms in total. The second-order valence-electron chi connectivity index (χ2n) is 4.09. The highest BCUT2D eigenvalue weighted by Gasteiger charge is 2.14. The molecule has 96 valence electrons. The fourth-order valence-electron chi connectivity index (χ4n) is 1.55. The zero-order valence-electron chi connectivity index (χ0n) is 10.9. The molecule has 0 aliphatic carbocycles. The van der Waals surface area contributed by atoms with Gasteiger partial charge in [0, 0.05) is 6.04 Å². The summed E-state index contributed by atoms with van der Waals surface area (Å²) in [5.74, 6) is 0.633. The van der Waals surface area contributed by atoms with E-state index in [2.05, 4.69) is 28.7 Å². The molecule has 0 aliphatic rings. The van der Waals surface area contributed by atoms with E-state index in [1.807, 2.05) is 16.5 Å². The van der Waals surface area contributed by atoms with Gasteiger partial charge in [0.25, 0.3) is 0 Å². The van der Waals surface area contributed by atoms with Gasteiger partial charge in [-0.25, -0.2) is 9.67 Å². The third-order valence-electron chi connectivity index (χ3n) is 2.53. The number of ether oxygens (including phenoxy) is 1. The maximum Gasteiger partial charge on any atom is 0.319 e. The van der Waals surface area contributed by atoms with Crippen LogP contribution in [0.3, 0.4) is 0 Å². The monoisotopic (exact) mass is 240 g/mol. The Bertz CT molecular complexity index is 362. The number of hydrogen-bond acceptors (Lipinski definition) is 5. The van der Waals surface area contributed by atoms with E-state index in [1.165, 1.54) is 7.11 Å². The van der Waals surface area contributed by atoms with E-state index in [4.69, 9.17) is 0 Å². The van der Waals surface area contributed by atoms with Gasteiger partial charge in [0.05, 0.1) is 20.2 Å². The van der Waals surface area contributed by atoms with Crippen molar-refractivity contribution in [2.24, 2.45) is 0 Å². The van der Waals surface area contributed by atoms with Crippen molar-refractivity contribution in [1.82, 2.24) is 19.7 Å². The van der Waals surface area contributed by atoms with Gasteiger partial charge >= 0.3 is 5.97 Å². The zero-order chi connectivity index (χ0) is 12.8. The molecule has 0 radical (unpaired) electrons. The van der Waals surface area contributed by atoms with Crippen molar-refractivity contribution < 1.29 is 9.53 Å². The molecule has 0 N–H and O–H groups in total. The van der Waals surface area contributed by atoms with Gasteiger partial charge in [0.15, 0.2) is 0 Å². The Morgan fingerprint density at radius 2 is 2.29 bits per heavy atom. The molecule has 0 atom stereocenters. The van der Waals surface area contributed by atoms with Gasteiger partial charge in [0.1, 0.15) is 12.2 Å². The van der Waals surface area contributed by atoms with Gasteiger partial charge in [-0.05, 0) is 20.4 Å². The number of carbonyl (C=O) groups excluding carboxylic acids is 1. The number of carbonyl (C=O) groups is 1. The largest absolute Gasteiger partial charge is 0.468 e. The quantitative estimate of drug-likeness (QED) is 0.690. The van der Waals surface area contributed by atoms with Crippen molar-refractivity contribution in [2.75, 3.05) is 20.2 Å². The molecule has 0 saturated heterocycles. The fourth-order valence-corrected chi connectivity index (χ4v) is 1.55. The SMILES string of the molecule is CCN(CC(=O)OC)Cc1ncnn1C(C)C. The van der Waals surface area contributed by atoms with E-state index in [9.17, 15) is 4.79 Å². The number of aromatic nitrogens is 3. The van der Waals surface area contributed by atoms with Crippen molar-refractivity contribution >= 4 is 5.97 Å². The van der Waals surface area contributed by atoms with Crippen molar-refractivity contribution in [3.63, 3.8) is 0 Å². The summed E-state index contributed by atoms with van der Waals surface area (Å²) < 4.78 is 6.52. The predicted octanol–water partition coefficient (Wildman–Crippen LogP) is 0.854. The molecule has 0 amide bonds. The summed E-state index contributed by atoms with van der Waals surface area (Å²) in [6, 6.07) is 0.268. The maximum absolute atomic E-state index is 11.2. The molecule has 1 rings (SSSR count). The second kappa shape index (κ2) is 6.34. The third kappa shape index (κ3) is 3.81. The van der Waals surface area contributed by atoms with Crippen molar-refractivity contribution in [3.05, 3.63) is 12.2 Å². The molecule has 0 saturated carbocycles. The van der Waals surface area contributed by atoms with Crippen LogP contribution in [0.15, 0.2) is 6.33 Å². The first-order valence-electron chi connectivity index (χ1n) is 5.76. The molecule has 0 aliphatic heterocycles. The van der Waals surface area contributed by atoms with Gasteiger partial charge in [-0.3, -0.25) is 9.69 Å². The van der Waals surface area contributed by atoms with Crippen molar-refractivity contribution in [1.29, 1.82) is 0 Å². The highest BCUT2D eigenvalue weighted by molar-refractivity contribution is 5.71. The average Bonchev–Trinajstić information content (AvgIpc) is 2.76. The molecule has 0 aromatic carbocycles. The van der Waals surface area contributed by atoms with E-state index in [0.717, 1.165) is 12.4 Å². The molecular formula is C11H20N4O2. The lowest BCUT2D eigenvalue weighted by Gasteiger charge is -2.19. The van der Waals surface area contributed by atoms with Crippen LogP contribution in [0.4, 0.5) is 0 Å². The molecule has 6 heteroatoms. The second-order valence-corrected chi connectivity index (χ2v) is 4.09. The highest BCUT2D eigenvalue weighted by atomic mass is 16.5. The number of hydrogen-bond donors (Lipinski definition) is 0. The Morgan fingerprint density at radius 1 is 1.59 bits per heavy atom. The lowest BCUT2D eigenvalue weighted by atomic mass is 10.4. The fraction of sp³-hybridized carbons (Fsp3) is 0.727. The first-order valence-corrected chi connectivity index (χ1v) is 5.76. The van der Waals surface area contributed by atoms with Crippen LogP contribution in [0, 0.1) is 0 Å². The van der Waals surface area contributed by atoms with Crippen LogP contribution >= 0.6 is 0 Å². The minimum Gasteiger partial charge on any atom is -0.468 e. The number of rotatable bonds is 6. The third-order valence-corrected chi connectivity index (χ3v) is 2.53. The van der Waals surface area contributed by atoms with Crippen molar-refractivity contribution in [3.8, 4) is 0 Å². The summed E-state index contributed by atoms with van der Waals surface area (Å²) in [4.78, 5) is 17.4. The number of methoxy groups -OCH3 is 1. The predicted molar refractivity (Wildman–Crippen MR) is 63.4 cm³/mol. The van der Waals surface area contributed by atoms with Gasteiger partial charge in [-0.2, -0.15) is 5.10 Å². The Balaban J connectivity index is 2.67. The van der Waals surface area contributed by atoms with Gasteiger partial charge in [0.2, 0.25) is 0 Å². The molecule has 0 fully saturated rings. The first kappa shape index (κ1) is 13.6. The molecule has 1 aromatic heterocycles. The van der Waals surface area contributed by atoms with Crippen LogP contribution < -0.4 is 0 Å². The summed E-state index contributed by atoms with van der Waals surface area (Å²) in [6.07, 6.45) is 1.54. The van der Waals surface area contributed by atoms with Crippen molar-refractivity contribution in [2.45, 2.75) is 33.4 Å². The van der Waals surface area contributed by atoms with Crippen LogP contribution in [0.5, 0.6) is 0 Å². The Labute approximate surface area is 102 Å². The topological polar surface area (TPSA) is 60.3 Å². The van der Waals surface area contributed by atoms with E-state index in [1.54, 1.807) is 6.33 Å². The Morgan fingerprint density at radius 3 is 2.82 bits per heavy atom. The minimum absolute atomic E-state index is 0.234.